The number of piperidine rings is 1. The van der Waals surface area contributed by atoms with Crippen LogP contribution in [0.2, 0.25) is 0 Å². The minimum atomic E-state index is 0.257. The van der Waals surface area contributed by atoms with Crippen molar-refractivity contribution in [1.29, 1.82) is 5.26 Å². The number of rotatable bonds is 3. The second-order valence-corrected chi connectivity index (χ2v) is 6.59. The van der Waals surface area contributed by atoms with E-state index in [1.807, 2.05) is 0 Å². The lowest BCUT2D eigenvalue weighted by Crippen LogP contribution is -2.50. The molecule has 1 aliphatic carbocycles. The van der Waals surface area contributed by atoms with Crippen molar-refractivity contribution in [3.63, 3.8) is 0 Å². The molecule has 0 aromatic rings. The van der Waals surface area contributed by atoms with Gasteiger partial charge < -0.3 is 4.90 Å². The van der Waals surface area contributed by atoms with Crippen molar-refractivity contribution in [3.05, 3.63) is 0 Å². The third-order valence-corrected chi connectivity index (χ3v) is 5.46. The third-order valence-electron chi connectivity index (χ3n) is 5.46. The first-order valence-electron chi connectivity index (χ1n) is 7.95. The molecular weight excluding hydrogens is 234 g/mol. The summed E-state index contributed by atoms with van der Waals surface area (Å²) in [6.45, 7) is 4.70. The Kier molecular flexibility index (Phi) is 5.24. The van der Waals surface area contributed by atoms with Gasteiger partial charge in [-0.15, -0.1) is 0 Å². The molecule has 19 heavy (non-hydrogen) atoms. The Morgan fingerprint density at radius 2 is 1.89 bits per heavy atom. The van der Waals surface area contributed by atoms with E-state index in [1.54, 1.807) is 0 Å². The van der Waals surface area contributed by atoms with E-state index in [4.69, 9.17) is 0 Å². The molecule has 1 aliphatic heterocycles. The van der Waals surface area contributed by atoms with Gasteiger partial charge in [0.15, 0.2) is 0 Å². The van der Waals surface area contributed by atoms with E-state index >= 15 is 0 Å². The van der Waals surface area contributed by atoms with Crippen LogP contribution in [0.4, 0.5) is 0 Å². The van der Waals surface area contributed by atoms with Crippen LogP contribution in [0.25, 0.3) is 0 Å². The van der Waals surface area contributed by atoms with Crippen LogP contribution in [-0.4, -0.2) is 49.1 Å². The van der Waals surface area contributed by atoms with E-state index in [-0.39, 0.29) is 5.92 Å². The molecule has 108 valence electrons. The Morgan fingerprint density at radius 3 is 2.47 bits per heavy atom. The molecular formula is C16H29N3. The average molecular weight is 263 g/mol. The summed E-state index contributed by atoms with van der Waals surface area (Å²) in [4.78, 5) is 4.98. The van der Waals surface area contributed by atoms with E-state index in [0.29, 0.717) is 12.1 Å². The third kappa shape index (κ3) is 3.49. The Bertz CT molecular complexity index is 314. The minimum Gasteiger partial charge on any atom is -0.306 e. The highest BCUT2D eigenvalue weighted by Crippen LogP contribution is 2.35. The molecule has 2 fully saturated rings. The van der Waals surface area contributed by atoms with Crippen LogP contribution in [0.1, 0.15) is 45.4 Å². The summed E-state index contributed by atoms with van der Waals surface area (Å²) < 4.78 is 0. The Hall–Kier alpha value is -0.590. The maximum atomic E-state index is 9.42. The predicted molar refractivity (Wildman–Crippen MR) is 78.8 cm³/mol. The lowest BCUT2D eigenvalue weighted by molar-refractivity contribution is 0.0556. The minimum absolute atomic E-state index is 0.257. The number of nitriles is 1. The Balaban J connectivity index is 1.98. The van der Waals surface area contributed by atoms with Crippen molar-refractivity contribution in [3.8, 4) is 6.07 Å². The smallest absolute Gasteiger partial charge is 0.0672 e. The van der Waals surface area contributed by atoms with Crippen molar-refractivity contribution in [1.82, 2.24) is 9.80 Å². The van der Waals surface area contributed by atoms with Crippen LogP contribution in [0, 0.1) is 23.2 Å². The zero-order chi connectivity index (χ0) is 13.8. The predicted octanol–water partition coefficient (Wildman–Crippen LogP) is 2.73. The highest BCUT2D eigenvalue weighted by Gasteiger charge is 2.35. The summed E-state index contributed by atoms with van der Waals surface area (Å²) in [5.41, 5.74) is 0. The number of hydrogen-bond acceptors (Lipinski definition) is 3. The molecule has 0 radical (unpaired) electrons. The second-order valence-electron chi connectivity index (χ2n) is 6.59. The van der Waals surface area contributed by atoms with Gasteiger partial charge in [-0.05, 0) is 65.2 Å². The van der Waals surface area contributed by atoms with Gasteiger partial charge in [0.25, 0.3) is 0 Å². The molecule has 2 aliphatic rings. The van der Waals surface area contributed by atoms with Gasteiger partial charge in [-0.25, -0.2) is 0 Å². The zero-order valence-corrected chi connectivity index (χ0v) is 12.8. The van der Waals surface area contributed by atoms with E-state index in [9.17, 15) is 5.26 Å². The van der Waals surface area contributed by atoms with Crippen molar-refractivity contribution in [2.75, 3.05) is 27.2 Å². The zero-order valence-electron chi connectivity index (χ0n) is 12.8. The summed E-state index contributed by atoms with van der Waals surface area (Å²) in [5, 5.41) is 9.42. The van der Waals surface area contributed by atoms with Crippen molar-refractivity contribution >= 4 is 0 Å². The summed E-state index contributed by atoms with van der Waals surface area (Å²) in [6, 6.07) is 3.76. The largest absolute Gasteiger partial charge is 0.306 e. The topological polar surface area (TPSA) is 30.3 Å². The molecule has 0 bridgehead atoms. The molecule has 0 aromatic carbocycles. The van der Waals surface area contributed by atoms with Crippen LogP contribution in [0.15, 0.2) is 0 Å². The van der Waals surface area contributed by atoms with Gasteiger partial charge in [0.05, 0.1) is 12.0 Å². The van der Waals surface area contributed by atoms with Crippen LogP contribution in [0.3, 0.4) is 0 Å². The first-order chi connectivity index (χ1) is 9.15. The van der Waals surface area contributed by atoms with Gasteiger partial charge in [0, 0.05) is 12.1 Å². The maximum Gasteiger partial charge on any atom is 0.0672 e. The fourth-order valence-electron chi connectivity index (χ4n) is 3.88. The van der Waals surface area contributed by atoms with Gasteiger partial charge in [-0.2, -0.15) is 5.26 Å². The fraction of sp³-hybridized carbons (Fsp3) is 0.938. The molecule has 0 N–H and O–H groups in total. The SMILES string of the molecule is CCC1CCC(C#N)C(N(C)C2CCN(C)CC2)C1. The van der Waals surface area contributed by atoms with Crippen LogP contribution < -0.4 is 0 Å². The van der Waals surface area contributed by atoms with Crippen molar-refractivity contribution in [2.45, 2.75) is 57.5 Å². The molecule has 3 nitrogen and oxygen atoms in total. The Morgan fingerprint density at radius 1 is 1.21 bits per heavy atom. The van der Waals surface area contributed by atoms with E-state index < -0.39 is 0 Å². The molecule has 3 atom stereocenters. The number of hydrogen-bond donors (Lipinski definition) is 0. The van der Waals surface area contributed by atoms with Crippen LogP contribution >= 0.6 is 0 Å². The molecule has 0 aromatic heterocycles. The molecule has 2 rings (SSSR count). The Labute approximate surface area is 118 Å². The first kappa shape index (κ1) is 14.8. The normalized spacial score (nSPS) is 34.4. The van der Waals surface area contributed by atoms with Crippen molar-refractivity contribution < 1.29 is 0 Å². The lowest BCUT2D eigenvalue weighted by Gasteiger charge is -2.44. The monoisotopic (exact) mass is 263 g/mol. The summed E-state index contributed by atoms with van der Waals surface area (Å²) in [5.74, 6) is 1.09. The first-order valence-corrected chi connectivity index (χ1v) is 7.95. The van der Waals surface area contributed by atoms with Crippen LogP contribution in [-0.2, 0) is 0 Å². The lowest BCUT2D eigenvalue weighted by atomic mass is 9.76. The number of nitrogens with zero attached hydrogens (tertiary/aromatic N) is 3. The van der Waals surface area contributed by atoms with Gasteiger partial charge in [-0.3, -0.25) is 4.90 Å². The van der Waals surface area contributed by atoms with E-state index in [2.05, 4.69) is 36.9 Å². The van der Waals surface area contributed by atoms with E-state index in [1.165, 1.54) is 45.2 Å². The van der Waals surface area contributed by atoms with Gasteiger partial charge >= 0.3 is 0 Å². The molecule has 1 heterocycles. The van der Waals surface area contributed by atoms with Gasteiger partial charge in [0.2, 0.25) is 0 Å². The van der Waals surface area contributed by atoms with Gasteiger partial charge in [0.1, 0.15) is 0 Å². The summed E-state index contributed by atoms with van der Waals surface area (Å²) in [7, 11) is 4.48. The fourth-order valence-corrected chi connectivity index (χ4v) is 3.88. The van der Waals surface area contributed by atoms with Gasteiger partial charge in [-0.1, -0.05) is 13.3 Å². The highest BCUT2D eigenvalue weighted by atomic mass is 15.2. The van der Waals surface area contributed by atoms with E-state index in [0.717, 1.165) is 12.3 Å². The molecule has 3 unspecified atom stereocenters. The summed E-state index contributed by atoms with van der Waals surface area (Å²) in [6.07, 6.45) is 7.40. The molecule has 0 spiro atoms. The maximum absolute atomic E-state index is 9.42. The molecule has 0 amide bonds. The average Bonchev–Trinajstić information content (AvgIpc) is 2.46. The highest BCUT2D eigenvalue weighted by molar-refractivity contribution is 4.98. The second kappa shape index (κ2) is 6.72. The number of likely N-dealkylation sites (tertiary alicyclic amines) is 1. The standard InChI is InChI=1S/C16H29N3/c1-4-13-5-6-14(12-17)16(11-13)19(3)15-7-9-18(2)10-8-15/h13-16H,4-11H2,1-3H3. The quantitative estimate of drug-likeness (QED) is 0.784. The molecule has 1 saturated carbocycles. The molecule has 1 saturated heterocycles. The van der Waals surface area contributed by atoms with Crippen LogP contribution in [0.5, 0.6) is 0 Å². The summed E-state index contributed by atoms with van der Waals surface area (Å²) >= 11 is 0. The molecule has 3 heteroatoms. The van der Waals surface area contributed by atoms with Crippen molar-refractivity contribution in [2.24, 2.45) is 11.8 Å².